The molecule has 8 heteroatoms. The highest BCUT2D eigenvalue weighted by molar-refractivity contribution is 7.16. The number of aryl methyl sites for hydroxylation is 1. The molecule has 0 spiro atoms. The van der Waals surface area contributed by atoms with Crippen LogP contribution in [0, 0.1) is 6.92 Å². The van der Waals surface area contributed by atoms with Crippen LogP contribution < -0.4 is 10.6 Å². The Balaban J connectivity index is 1.63. The van der Waals surface area contributed by atoms with Crippen LogP contribution in [0.2, 0.25) is 0 Å². The summed E-state index contributed by atoms with van der Waals surface area (Å²) in [4.78, 5) is 14.2. The molecule has 0 radical (unpaired) electrons. The third-order valence-electron chi connectivity index (χ3n) is 3.73. The Morgan fingerprint density at radius 1 is 1.36 bits per heavy atom. The van der Waals surface area contributed by atoms with E-state index < -0.39 is 0 Å². The second kappa shape index (κ2) is 5.62. The van der Waals surface area contributed by atoms with Crippen molar-refractivity contribution in [3.8, 4) is 11.4 Å². The number of anilines is 1. The van der Waals surface area contributed by atoms with Crippen molar-refractivity contribution in [2.75, 3.05) is 18.4 Å². The zero-order chi connectivity index (χ0) is 14.9. The van der Waals surface area contributed by atoms with E-state index in [4.69, 9.17) is 0 Å². The average molecular weight is 315 g/mol. The van der Waals surface area contributed by atoms with Crippen LogP contribution in [0.25, 0.3) is 16.3 Å². The highest BCUT2D eigenvalue weighted by Gasteiger charge is 2.15. The van der Waals surface area contributed by atoms with Gasteiger partial charge in [-0.05, 0) is 26.3 Å². The summed E-state index contributed by atoms with van der Waals surface area (Å²) in [5, 5.41) is 12.3. The molecule has 0 unspecified atom stereocenters. The Hall–Kier alpha value is -2.06. The molecular formula is C14H17N7S. The summed E-state index contributed by atoms with van der Waals surface area (Å²) in [5.74, 6) is 0.799. The maximum Gasteiger partial charge on any atom is 0.212 e. The predicted octanol–water partition coefficient (Wildman–Crippen LogP) is 1.72. The molecule has 114 valence electrons. The van der Waals surface area contributed by atoms with Gasteiger partial charge in [0.25, 0.3) is 0 Å². The van der Waals surface area contributed by atoms with Crippen LogP contribution in [0.15, 0.2) is 18.6 Å². The van der Waals surface area contributed by atoms with Crippen LogP contribution in [-0.2, 0) is 0 Å². The number of aromatic nitrogens is 5. The Morgan fingerprint density at radius 2 is 2.32 bits per heavy atom. The number of fused-ring (bicyclic) bond motifs is 1. The van der Waals surface area contributed by atoms with E-state index in [1.165, 1.54) is 6.42 Å². The van der Waals surface area contributed by atoms with Crippen molar-refractivity contribution in [3.05, 3.63) is 23.6 Å². The molecule has 0 aromatic carbocycles. The van der Waals surface area contributed by atoms with Gasteiger partial charge in [0.1, 0.15) is 22.2 Å². The Bertz CT molecular complexity index is 787. The monoisotopic (exact) mass is 315 g/mol. The molecule has 1 saturated heterocycles. The van der Waals surface area contributed by atoms with Crippen molar-refractivity contribution in [1.82, 2.24) is 29.9 Å². The summed E-state index contributed by atoms with van der Waals surface area (Å²) in [6, 6.07) is 0.408. The molecule has 3 aromatic rings. The van der Waals surface area contributed by atoms with Crippen LogP contribution >= 0.6 is 11.3 Å². The lowest BCUT2D eigenvalue weighted by Crippen LogP contribution is -2.38. The summed E-state index contributed by atoms with van der Waals surface area (Å²) >= 11 is 1.57. The zero-order valence-corrected chi connectivity index (χ0v) is 13.1. The molecule has 0 bridgehead atoms. The zero-order valence-electron chi connectivity index (χ0n) is 12.3. The molecular weight excluding hydrogens is 298 g/mol. The van der Waals surface area contributed by atoms with Gasteiger partial charge in [-0.15, -0.1) is 0 Å². The van der Waals surface area contributed by atoms with Crippen LogP contribution in [0.1, 0.15) is 17.8 Å². The first-order valence-corrected chi connectivity index (χ1v) is 8.22. The largest absolute Gasteiger partial charge is 0.365 e. The highest BCUT2D eigenvalue weighted by atomic mass is 32.1. The second-order valence-electron chi connectivity index (χ2n) is 5.44. The summed E-state index contributed by atoms with van der Waals surface area (Å²) < 4.78 is 1.83. The van der Waals surface area contributed by atoms with Crippen molar-refractivity contribution < 1.29 is 0 Å². The Kier molecular flexibility index (Phi) is 3.47. The summed E-state index contributed by atoms with van der Waals surface area (Å²) in [7, 11) is 0. The van der Waals surface area contributed by atoms with Gasteiger partial charge < -0.3 is 10.6 Å². The van der Waals surface area contributed by atoms with Crippen molar-refractivity contribution in [3.63, 3.8) is 0 Å². The number of hydrogen-bond acceptors (Lipinski definition) is 7. The lowest BCUT2D eigenvalue weighted by atomic mass is 10.1. The van der Waals surface area contributed by atoms with Crippen molar-refractivity contribution in [2.45, 2.75) is 25.8 Å². The van der Waals surface area contributed by atoms with Gasteiger partial charge in [-0.1, -0.05) is 11.3 Å². The first kappa shape index (κ1) is 13.6. The van der Waals surface area contributed by atoms with E-state index in [1.807, 2.05) is 11.4 Å². The van der Waals surface area contributed by atoms with E-state index in [2.05, 4.69) is 30.7 Å². The topological polar surface area (TPSA) is 80.0 Å². The molecule has 1 fully saturated rings. The maximum atomic E-state index is 4.67. The predicted molar refractivity (Wildman–Crippen MR) is 86.1 cm³/mol. The molecule has 3 aromatic heterocycles. The quantitative estimate of drug-likeness (QED) is 0.766. The van der Waals surface area contributed by atoms with E-state index in [0.717, 1.165) is 46.7 Å². The summed E-state index contributed by atoms with van der Waals surface area (Å²) in [6.07, 6.45) is 7.66. The smallest absolute Gasteiger partial charge is 0.212 e. The Morgan fingerprint density at radius 3 is 3.18 bits per heavy atom. The number of rotatable bonds is 3. The minimum absolute atomic E-state index is 0.408. The van der Waals surface area contributed by atoms with Gasteiger partial charge in [-0.2, -0.15) is 5.10 Å². The minimum Gasteiger partial charge on any atom is -0.365 e. The normalized spacial score (nSPS) is 18.7. The van der Waals surface area contributed by atoms with Gasteiger partial charge in [0.15, 0.2) is 0 Å². The van der Waals surface area contributed by atoms with Gasteiger partial charge in [-0.3, -0.25) is 4.98 Å². The lowest BCUT2D eigenvalue weighted by molar-refractivity contribution is 0.479. The number of nitrogens with zero attached hydrogens (tertiary/aromatic N) is 5. The van der Waals surface area contributed by atoms with Crippen LogP contribution in [-0.4, -0.2) is 43.7 Å². The molecule has 0 aliphatic carbocycles. The van der Waals surface area contributed by atoms with E-state index >= 15 is 0 Å². The van der Waals surface area contributed by atoms with Gasteiger partial charge in [0.05, 0.1) is 18.6 Å². The van der Waals surface area contributed by atoms with Crippen LogP contribution in [0.5, 0.6) is 0 Å². The average Bonchev–Trinajstić information content (AvgIpc) is 3.07. The SMILES string of the molecule is Cc1nn2c(-c3cncc(N[C@@H]4CCCNC4)n3)cnc2s1. The molecule has 1 aliphatic rings. The molecule has 1 atom stereocenters. The maximum absolute atomic E-state index is 4.67. The fourth-order valence-electron chi connectivity index (χ4n) is 2.71. The number of nitrogens with one attached hydrogen (secondary N) is 2. The lowest BCUT2D eigenvalue weighted by Gasteiger charge is -2.24. The van der Waals surface area contributed by atoms with Crippen molar-refractivity contribution in [2.24, 2.45) is 0 Å². The van der Waals surface area contributed by atoms with Gasteiger partial charge in [-0.25, -0.2) is 14.5 Å². The fraction of sp³-hybridized carbons (Fsp3) is 0.429. The number of hydrogen-bond donors (Lipinski definition) is 2. The van der Waals surface area contributed by atoms with Gasteiger partial charge in [0, 0.05) is 12.6 Å². The minimum atomic E-state index is 0.408. The Labute approximate surface area is 131 Å². The standard InChI is InChI=1S/C14H17N7S/c1-9-20-21-12(7-17-14(21)22-9)11-6-16-8-13(19-11)18-10-3-2-4-15-5-10/h6-8,10,15H,2-5H2,1H3,(H,18,19)/t10-/m1/s1. The number of imidazole rings is 1. The molecule has 2 N–H and O–H groups in total. The third kappa shape index (κ3) is 2.55. The van der Waals surface area contributed by atoms with Crippen LogP contribution in [0.4, 0.5) is 5.82 Å². The van der Waals surface area contributed by atoms with Crippen LogP contribution in [0.3, 0.4) is 0 Å². The van der Waals surface area contributed by atoms with Gasteiger partial charge >= 0.3 is 0 Å². The number of piperidine rings is 1. The van der Waals surface area contributed by atoms with Crippen molar-refractivity contribution >= 4 is 22.1 Å². The molecule has 0 amide bonds. The van der Waals surface area contributed by atoms with E-state index in [-0.39, 0.29) is 0 Å². The fourth-order valence-corrected chi connectivity index (χ4v) is 3.42. The molecule has 0 saturated carbocycles. The summed E-state index contributed by atoms with van der Waals surface area (Å²) in [5.41, 5.74) is 1.66. The highest BCUT2D eigenvalue weighted by Crippen LogP contribution is 2.22. The second-order valence-corrected chi connectivity index (χ2v) is 6.60. The van der Waals surface area contributed by atoms with E-state index in [1.54, 1.807) is 29.9 Å². The third-order valence-corrected chi connectivity index (χ3v) is 4.57. The van der Waals surface area contributed by atoms with E-state index in [0.29, 0.717) is 6.04 Å². The van der Waals surface area contributed by atoms with Crippen molar-refractivity contribution in [1.29, 1.82) is 0 Å². The first-order chi connectivity index (χ1) is 10.8. The molecule has 4 rings (SSSR count). The first-order valence-electron chi connectivity index (χ1n) is 7.40. The van der Waals surface area contributed by atoms with E-state index in [9.17, 15) is 0 Å². The van der Waals surface area contributed by atoms with Gasteiger partial charge in [0.2, 0.25) is 4.96 Å². The molecule has 4 heterocycles. The molecule has 7 nitrogen and oxygen atoms in total. The molecule has 22 heavy (non-hydrogen) atoms. The molecule has 1 aliphatic heterocycles. The summed E-state index contributed by atoms with van der Waals surface area (Å²) in [6.45, 7) is 4.04.